The summed E-state index contributed by atoms with van der Waals surface area (Å²) in [7, 11) is 4.72. The van der Waals surface area contributed by atoms with Gasteiger partial charge in [0.05, 0.1) is 25.3 Å². The first kappa shape index (κ1) is 19.7. The Balaban J connectivity index is 2.17. The van der Waals surface area contributed by atoms with Gasteiger partial charge in [0.1, 0.15) is 12.4 Å². The van der Waals surface area contributed by atoms with Crippen LogP contribution >= 0.6 is 0 Å². The molecule has 0 fully saturated rings. The lowest BCUT2D eigenvalue weighted by molar-refractivity contribution is -0.140. The van der Waals surface area contributed by atoms with Gasteiger partial charge in [0.25, 0.3) is 0 Å². The standard InChI is InChI=1S/C21H24N2O5/c1-13-17(20(24)28-12-11-26-3)19(22-21(25)23(13)2)18-15-8-6-5-7-14(15)9-10-16(18)27-4/h5-10,19H,11-12H2,1-4H3,(H,22,25). The number of fused-ring (bicyclic) bond motifs is 1. The lowest BCUT2D eigenvalue weighted by Gasteiger charge is -2.34. The van der Waals surface area contributed by atoms with Crippen molar-refractivity contribution in [1.29, 1.82) is 0 Å². The molecule has 0 aromatic heterocycles. The highest BCUT2D eigenvalue weighted by Gasteiger charge is 2.37. The van der Waals surface area contributed by atoms with E-state index in [0.717, 1.165) is 16.3 Å². The predicted molar refractivity (Wildman–Crippen MR) is 105 cm³/mol. The molecule has 0 radical (unpaired) electrons. The Hall–Kier alpha value is -3.06. The third-order valence-corrected chi connectivity index (χ3v) is 4.93. The number of nitrogens with one attached hydrogen (secondary N) is 1. The lowest BCUT2D eigenvalue weighted by Crippen LogP contribution is -2.46. The van der Waals surface area contributed by atoms with Crippen molar-refractivity contribution in [2.75, 3.05) is 34.5 Å². The van der Waals surface area contributed by atoms with E-state index in [-0.39, 0.29) is 12.6 Å². The van der Waals surface area contributed by atoms with Crippen LogP contribution in [0.3, 0.4) is 0 Å². The summed E-state index contributed by atoms with van der Waals surface area (Å²) in [6.07, 6.45) is 0. The summed E-state index contributed by atoms with van der Waals surface area (Å²) in [6.45, 7) is 2.15. The van der Waals surface area contributed by atoms with Crippen molar-refractivity contribution in [2.45, 2.75) is 13.0 Å². The number of amides is 2. The molecular formula is C21H24N2O5. The molecule has 0 spiro atoms. The van der Waals surface area contributed by atoms with Gasteiger partial charge in [0.2, 0.25) is 0 Å². The van der Waals surface area contributed by atoms with E-state index >= 15 is 0 Å². The highest BCUT2D eigenvalue weighted by Crippen LogP contribution is 2.39. The molecular weight excluding hydrogens is 360 g/mol. The maximum absolute atomic E-state index is 12.9. The van der Waals surface area contributed by atoms with Gasteiger partial charge in [-0.05, 0) is 23.8 Å². The summed E-state index contributed by atoms with van der Waals surface area (Å²) in [5.74, 6) is 0.0879. The second kappa shape index (κ2) is 8.31. The Kier molecular flexibility index (Phi) is 5.84. The highest BCUT2D eigenvalue weighted by molar-refractivity contribution is 5.98. The molecule has 0 saturated heterocycles. The minimum absolute atomic E-state index is 0.128. The average molecular weight is 384 g/mol. The van der Waals surface area contributed by atoms with Crippen molar-refractivity contribution in [1.82, 2.24) is 10.2 Å². The molecule has 1 atom stereocenters. The number of methoxy groups -OCH3 is 2. The molecule has 1 N–H and O–H groups in total. The van der Waals surface area contributed by atoms with Crippen molar-refractivity contribution >= 4 is 22.8 Å². The number of ether oxygens (including phenoxy) is 3. The van der Waals surface area contributed by atoms with Gasteiger partial charge in [0, 0.05) is 25.4 Å². The lowest BCUT2D eigenvalue weighted by atomic mass is 9.90. The fourth-order valence-electron chi connectivity index (χ4n) is 3.36. The summed E-state index contributed by atoms with van der Waals surface area (Å²) in [6, 6.07) is 10.6. The fraction of sp³-hybridized carbons (Fsp3) is 0.333. The van der Waals surface area contributed by atoms with Gasteiger partial charge in [0.15, 0.2) is 0 Å². The normalized spacial score (nSPS) is 16.9. The number of benzene rings is 2. The molecule has 0 aliphatic carbocycles. The number of carbonyl (C=O) groups excluding carboxylic acids is 2. The molecule has 7 nitrogen and oxygen atoms in total. The zero-order chi connectivity index (χ0) is 20.3. The van der Waals surface area contributed by atoms with E-state index in [1.54, 1.807) is 21.1 Å². The molecule has 0 bridgehead atoms. The minimum Gasteiger partial charge on any atom is -0.496 e. The van der Waals surface area contributed by atoms with Gasteiger partial charge in [-0.3, -0.25) is 0 Å². The Labute approximate surface area is 163 Å². The summed E-state index contributed by atoms with van der Waals surface area (Å²) >= 11 is 0. The number of hydrogen-bond acceptors (Lipinski definition) is 5. The van der Waals surface area contributed by atoms with Crippen molar-refractivity contribution in [2.24, 2.45) is 0 Å². The second-order valence-electron chi connectivity index (χ2n) is 6.47. The molecule has 28 heavy (non-hydrogen) atoms. The van der Waals surface area contributed by atoms with Crippen LogP contribution in [-0.4, -0.2) is 51.4 Å². The Morgan fingerprint density at radius 2 is 1.89 bits per heavy atom. The van der Waals surface area contributed by atoms with Crippen molar-refractivity contribution in [3.63, 3.8) is 0 Å². The second-order valence-corrected chi connectivity index (χ2v) is 6.47. The predicted octanol–water partition coefficient (Wildman–Crippen LogP) is 3.01. The monoisotopic (exact) mass is 384 g/mol. The molecule has 1 aliphatic rings. The molecule has 1 heterocycles. The summed E-state index contributed by atoms with van der Waals surface area (Å²) in [5, 5.41) is 4.80. The molecule has 1 aliphatic heterocycles. The number of rotatable bonds is 6. The molecule has 2 amide bonds. The number of carbonyl (C=O) groups is 2. The molecule has 1 unspecified atom stereocenters. The largest absolute Gasteiger partial charge is 0.496 e. The topological polar surface area (TPSA) is 77.1 Å². The van der Waals surface area contributed by atoms with Crippen LogP contribution in [-0.2, 0) is 14.3 Å². The van der Waals surface area contributed by atoms with Crippen LogP contribution in [0.2, 0.25) is 0 Å². The number of allylic oxidation sites excluding steroid dienone is 1. The van der Waals surface area contributed by atoms with Gasteiger partial charge < -0.3 is 24.4 Å². The quantitative estimate of drug-likeness (QED) is 0.612. The third kappa shape index (κ3) is 3.53. The van der Waals surface area contributed by atoms with Crippen LogP contribution in [0.4, 0.5) is 4.79 Å². The van der Waals surface area contributed by atoms with E-state index in [4.69, 9.17) is 14.2 Å². The average Bonchev–Trinajstić information content (AvgIpc) is 2.71. The molecule has 2 aromatic carbocycles. The Morgan fingerprint density at radius 1 is 1.14 bits per heavy atom. The Morgan fingerprint density at radius 3 is 2.61 bits per heavy atom. The maximum Gasteiger partial charge on any atom is 0.338 e. The van der Waals surface area contributed by atoms with Crippen LogP contribution in [0.25, 0.3) is 10.8 Å². The zero-order valence-corrected chi connectivity index (χ0v) is 16.4. The fourth-order valence-corrected chi connectivity index (χ4v) is 3.36. The van der Waals surface area contributed by atoms with Crippen molar-refractivity contribution in [3.8, 4) is 5.75 Å². The van der Waals surface area contributed by atoms with E-state index in [9.17, 15) is 9.59 Å². The smallest absolute Gasteiger partial charge is 0.338 e. The van der Waals surface area contributed by atoms with Gasteiger partial charge >= 0.3 is 12.0 Å². The van der Waals surface area contributed by atoms with Gasteiger partial charge in [-0.2, -0.15) is 0 Å². The van der Waals surface area contributed by atoms with E-state index in [0.29, 0.717) is 23.6 Å². The van der Waals surface area contributed by atoms with Crippen molar-refractivity contribution < 1.29 is 23.8 Å². The van der Waals surface area contributed by atoms with Crippen LogP contribution in [0.5, 0.6) is 5.75 Å². The summed E-state index contributed by atoms with van der Waals surface area (Å²) in [5.41, 5.74) is 1.62. The van der Waals surface area contributed by atoms with Gasteiger partial charge in [-0.15, -0.1) is 0 Å². The van der Waals surface area contributed by atoms with Crippen LogP contribution in [0.1, 0.15) is 18.5 Å². The van der Waals surface area contributed by atoms with E-state index < -0.39 is 12.0 Å². The third-order valence-electron chi connectivity index (χ3n) is 4.93. The van der Waals surface area contributed by atoms with Crippen LogP contribution < -0.4 is 10.1 Å². The molecule has 148 valence electrons. The van der Waals surface area contributed by atoms with E-state index in [1.807, 2.05) is 36.4 Å². The van der Waals surface area contributed by atoms with E-state index in [1.165, 1.54) is 12.0 Å². The van der Waals surface area contributed by atoms with Crippen LogP contribution in [0, 0.1) is 0 Å². The number of esters is 1. The Bertz CT molecular complexity index is 938. The number of hydrogen-bond donors (Lipinski definition) is 1. The van der Waals surface area contributed by atoms with Gasteiger partial charge in [-0.1, -0.05) is 30.3 Å². The minimum atomic E-state index is -0.695. The number of nitrogens with zero attached hydrogens (tertiary/aromatic N) is 1. The summed E-state index contributed by atoms with van der Waals surface area (Å²) < 4.78 is 15.9. The number of urea groups is 1. The molecule has 3 rings (SSSR count). The van der Waals surface area contributed by atoms with Crippen molar-refractivity contribution in [3.05, 3.63) is 53.2 Å². The maximum atomic E-state index is 12.9. The zero-order valence-electron chi connectivity index (χ0n) is 16.4. The first-order chi connectivity index (χ1) is 13.5. The summed E-state index contributed by atoms with van der Waals surface area (Å²) in [4.78, 5) is 26.8. The van der Waals surface area contributed by atoms with Gasteiger partial charge in [-0.25, -0.2) is 9.59 Å². The highest BCUT2D eigenvalue weighted by atomic mass is 16.6. The first-order valence-electron chi connectivity index (χ1n) is 8.96. The first-order valence-corrected chi connectivity index (χ1v) is 8.96. The SMILES string of the molecule is COCCOC(=O)C1=C(C)N(C)C(=O)NC1c1c(OC)ccc2ccccc12. The van der Waals surface area contributed by atoms with Crippen LogP contribution in [0.15, 0.2) is 47.7 Å². The molecule has 0 saturated carbocycles. The molecule has 2 aromatic rings. The molecule has 7 heteroatoms. The van der Waals surface area contributed by atoms with E-state index in [2.05, 4.69) is 5.32 Å².